The molecule has 1 aliphatic carbocycles. The van der Waals surface area contributed by atoms with Crippen LogP contribution in [0.5, 0.6) is 0 Å². The predicted molar refractivity (Wildman–Crippen MR) is 68.4 cm³/mol. The van der Waals surface area contributed by atoms with E-state index in [2.05, 4.69) is 5.32 Å². The van der Waals surface area contributed by atoms with Crippen molar-refractivity contribution >= 4 is 11.7 Å². The van der Waals surface area contributed by atoms with Crippen LogP contribution in [-0.2, 0) is 4.79 Å². The van der Waals surface area contributed by atoms with E-state index in [0.717, 1.165) is 6.07 Å². The fourth-order valence-corrected chi connectivity index (χ4v) is 2.74. The van der Waals surface area contributed by atoms with E-state index in [1.807, 2.05) is 0 Å². The summed E-state index contributed by atoms with van der Waals surface area (Å²) in [6, 6.07) is 5.36. The zero-order valence-corrected chi connectivity index (χ0v) is 11.1. The zero-order valence-electron chi connectivity index (χ0n) is 11.1. The first-order valence-electron chi connectivity index (χ1n) is 6.57. The van der Waals surface area contributed by atoms with Crippen molar-refractivity contribution in [2.24, 2.45) is 5.92 Å². The lowest BCUT2D eigenvalue weighted by molar-refractivity contribution is -0.188. The minimum atomic E-state index is -4.45. The summed E-state index contributed by atoms with van der Waals surface area (Å²) in [5.41, 5.74) is -1.89. The molecule has 1 aliphatic rings. The molecule has 0 aromatic heterocycles. The van der Waals surface area contributed by atoms with Gasteiger partial charge in [-0.05, 0) is 37.8 Å². The molecule has 2 rings (SSSR count). The zero-order chi connectivity index (χ0) is 15.7. The van der Waals surface area contributed by atoms with Gasteiger partial charge < -0.3 is 10.4 Å². The SMILES string of the molecule is O=C(O)C1(Nc2ccccc2F)CCCC(C(F)(F)F)C1. The second-order valence-corrected chi connectivity index (χ2v) is 5.33. The quantitative estimate of drug-likeness (QED) is 0.835. The highest BCUT2D eigenvalue weighted by Gasteiger charge is 2.51. The van der Waals surface area contributed by atoms with Crippen LogP contribution < -0.4 is 5.32 Å². The molecule has 116 valence electrons. The number of carboxylic acid groups (broad SMARTS) is 1. The standard InChI is InChI=1S/C14H15F4NO2/c15-10-5-1-2-6-11(10)19-13(12(20)21)7-3-4-9(8-13)14(16,17)18/h1-2,5-6,9,19H,3-4,7-8H2,(H,20,21). The maximum atomic E-state index is 13.6. The molecular formula is C14H15F4NO2. The summed E-state index contributed by atoms with van der Waals surface area (Å²) < 4.78 is 52.2. The number of rotatable bonds is 3. The topological polar surface area (TPSA) is 49.3 Å². The molecule has 0 heterocycles. The van der Waals surface area contributed by atoms with Crippen LogP contribution in [0.4, 0.5) is 23.2 Å². The molecule has 3 nitrogen and oxygen atoms in total. The highest BCUT2D eigenvalue weighted by atomic mass is 19.4. The Kier molecular flexibility index (Phi) is 4.11. The van der Waals surface area contributed by atoms with Gasteiger partial charge >= 0.3 is 12.1 Å². The number of carboxylic acids is 1. The van der Waals surface area contributed by atoms with Crippen molar-refractivity contribution in [1.29, 1.82) is 0 Å². The van der Waals surface area contributed by atoms with Crippen molar-refractivity contribution in [2.75, 3.05) is 5.32 Å². The maximum Gasteiger partial charge on any atom is 0.391 e. The molecule has 2 unspecified atom stereocenters. The molecule has 0 saturated heterocycles. The molecule has 7 heteroatoms. The molecule has 2 N–H and O–H groups in total. The maximum absolute atomic E-state index is 13.6. The first kappa shape index (κ1) is 15.6. The molecule has 1 aromatic carbocycles. The van der Waals surface area contributed by atoms with E-state index in [0.29, 0.717) is 0 Å². The Balaban J connectivity index is 2.29. The minimum Gasteiger partial charge on any atom is -0.480 e. The van der Waals surface area contributed by atoms with Crippen LogP contribution in [0.2, 0.25) is 0 Å². The van der Waals surface area contributed by atoms with Gasteiger partial charge in [0.15, 0.2) is 0 Å². The van der Waals surface area contributed by atoms with Gasteiger partial charge in [0.2, 0.25) is 0 Å². The third-order valence-corrected chi connectivity index (χ3v) is 3.87. The second kappa shape index (κ2) is 5.54. The van der Waals surface area contributed by atoms with E-state index >= 15 is 0 Å². The number of para-hydroxylation sites is 1. The molecule has 0 amide bonds. The average Bonchev–Trinajstić information content (AvgIpc) is 2.40. The number of alkyl halides is 3. The third-order valence-electron chi connectivity index (χ3n) is 3.87. The van der Waals surface area contributed by atoms with Crippen molar-refractivity contribution in [1.82, 2.24) is 0 Å². The Hall–Kier alpha value is -1.79. The largest absolute Gasteiger partial charge is 0.480 e. The van der Waals surface area contributed by atoms with E-state index in [1.54, 1.807) is 0 Å². The molecule has 0 aliphatic heterocycles. The Morgan fingerprint density at radius 2 is 2.00 bits per heavy atom. The summed E-state index contributed by atoms with van der Waals surface area (Å²) >= 11 is 0. The number of hydrogen-bond acceptors (Lipinski definition) is 2. The van der Waals surface area contributed by atoms with Gasteiger partial charge in [-0.2, -0.15) is 13.2 Å². The molecular weight excluding hydrogens is 290 g/mol. The van der Waals surface area contributed by atoms with Crippen LogP contribution in [0.25, 0.3) is 0 Å². The Labute approximate surface area is 119 Å². The van der Waals surface area contributed by atoms with Crippen LogP contribution in [0.15, 0.2) is 24.3 Å². The Morgan fingerprint density at radius 3 is 2.57 bits per heavy atom. The summed E-state index contributed by atoms with van der Waals surface area (Å²) in [4.78, 5) is 11.5. The summed E-state index contributed by atoms with van der Waals surface area (Å²) in [7, 11) is 0. The number of benzene rings is 1. The molecule has 0 spiro atoms. The lowest BCUT2D eigenvalue weighted by atomic mass is 9.75. The Bertz CT molecular complexity index is 532. The fourth-order valence-electron chi connectivity index (χ4n) is 2.74. The van der Waals surface area contributed by atoms with Crippen molar-refractivity contribution in [2.45, 2.75) is 37.4 Å². The molecule has 0 bridgehead atoms. The van der Waals surface area contributed by atoms with Gasteiger partial charge in [0, 0.05) is 0 Å². The average molecular weight is 305 g/mol. The number of anilines is 1. The minimum absolute atomic E-state index is 0.0310. The van der Waals surface area contributed by atoms with Crippen LogP contribution in [0.1, 0.15) is 25.7 Å². The normalized spacial score (nSPS) is 26.4. The van der Waals surface area contributed by atoms with Crippen molar-refractivity contribution < 1.29 is 27.5 Å². The number of carbonyl (C=O) groups is 1. The smallest absolute Gasteiger partial charge is 0.391 e. The van der Waals surface area contributed by atoms with E-state index < -0.39 is 35.8 Å². The summed E-state index contributed by atoms with van der Waals surface area (Å²) in [6.45, 7) is 0. The summed E-state index contributed by atoms with van der Waals surface area (Å²) in [6.07, 6.45) is -4.99. The van der Waals surface area contributed by atoms with Gasteiger partial charge in [0.1, 0.15) is 11.4 Å². The highest BCUT2D eigenvalue weighted by molar-refractivity contribution is 5.83. The number of nitrogens with one attached hydrogen (secondary N) is 1. The molecule has 1 saturated carbocycles. The third kappa shape index (κ3) is 3.28. The molecule has 1 aromatic rings. The van der Waals surface area contributed by atoms with Gasteiger partial charge in [-0.3, -0.25) is 0 Å². The predicted octanol–water partition coefficient (Wildman–Crippen LogP) is 3.81. The monoisotopic (exact) mass is 305 g/mol. The second-order valence-electron chi connectivity index (χ2n) is 5.33. The lowest BCUT2D eigenvalue weighted by Crippen LogP contribution is -2.52. The molecule has 0 radical (unpaired) electrons. The van der Waals surface area contributed by atoms with Crippen molar-refractivity contribution in [3.63, 3.8) is 0 Å². The van der Waals surface area contributed by atoms with E-state index in [1.165, 1.54) is 18.2 Å². The molecule has 2 atom stereocenters. The van der Waals surface area contributed by atoms with Crippen LogP contribution in [0.3, 0.4) is 0 Å². The Morgan fingerprint density at radius 1 is 1.33 bits per heavy atom. The van der Waals surface area contributed by atoms with Gasteiger partial charge in [0.25, 0.3) is 0 Å². The number of halogens is 4. The van der Waals surface area contributed by atoms with Gasteiger partial charge in [-0.1, -0.05) is 12.1 Å². The fraction of sp³-hybridized carbons (Fsp3) is 0.500. The van der Waals surface area contributed by atoms with E-state index in [-0.39, 0.29) is 24.9 Å². The lowest BCUT2D eigenvalue weighted by Gasteiger charge is -2.39. The summed E-state index contributed by atoms with van der Waals surface area (Å²) in [5.74, 6) is -3.77. The number of hydrogen-bond donors (Lipinski definition) is 2. The van der Waals surface area contributed by atoms with Crippen LogP contribution in [-0.4, -0.2) is 22.8 Å². The molecule has 1 fully saturated rings. The number of aliphatic carboxylic acids is 1. The van der Waals surface area contributed by atoms with Crippen LogP contribution in [0, 0.1) is 11.7 Å². The summed E-state index contributed by atoms with van der Waals surface area (Å²) in [5, 5.41) is 11.9. The van der Waals surface area contributed by atoms with Gasteiger partial charge in [0.05, 0.1) is 11.6 Å². The van der Waals surface area contributed by atoms with Crippen LogP contribution >= 0.6 is 0 Å². The highest BCUT2D eigenvalue weighted by Crippen LogP contribution is 2.43. The molecule has 21 heavy (non-hydrogen) atoms. The van der Waals surface area contributed by atoms with Crippen molar-refractivity contribution in [3.8, 4) is 0 Å². The first-order valence-corrected chi connectivity index (χ1v) is 6.57. The van der Waals surface area contributed by atoms with E-state index in [4.69, 9.17) is 0 Å². The first-order chi connectivity index (χ1) is 9.74. The van der Waals surface area contributed by atoms with Gasteiger partial charge in [-0.15, -0.1) is 0 Å². The van der Waals surface area contributed by atoms with E-state index in [9.17, 15) is 27.5 Å². The van der Waals surface area contributed by atoms with Crippen molar-refractivity contribution in [3.05, 3.63) is 30.1 Å². The van der Waals surface area contributed by atoms with Gasteiger partial charge in [-0.25, -0.2) is 9.18 Å².